The first kappa shape index (κ1) is 14.4. The number of carbonyl (C=O) groups is 1. The van der Waals surface area contributed by atoms with Gasteiger partial charge in [0.05, 0.1) is 6.42 Å². The van der Waals surface area contributed by atoms with Crippen molar-refractivity contribution in [3.05, 3.63) is 47.5 Å². The molecular formula is C15H20N4O. The Kier molecular flexibility index (Phi) is 4.63. The molecule has 1 heterocycles. The third-order valence-electron chi connectivity index (χ3n) is 3.19. The van der Waals surface area contributed by atoms with Crippen LogP contribution in [0.1, 0.15) is 41.6 Å². The molecule has 2 N–H and O–H groups in total. The number of hydrogen-bond acceptors (Lipinski definition) is 4. The Morgan fingerprint density at radius 2 is 2.10 bits per heavy atom. The van der Waals surface area contributed by atoms with E-state index in [1.807, 2.05) is 38.1 Å². The molecule has 0 aliphatic carbocycles. The second-order valence-electron chi connectivity index (χ2n) is 5.01. The minimum atomic E-state index is 0.0592. The molecule has 0 saturated heterocycles. The van der Waals surface area contributed by atoms with Gasteiger partial charge in [0.15, 0.2) is 5.78 Å². The van der Waals surface area contributed by atoms with Crippen molar-refractivity contribution in [2.75, 3.05) is 6.54 Å². The highest BCUT2D eigenvalue weighted by molar-refractivity contribution is 5.98. The van der Waals surface area contributed by atoms with Crippen LogP contribution in [0.2, 0.25) is 0 Å². The maximum atomic E-state index is 12.5. The van der Waals surface area contributed by atoms with Gasteiger partial charge < -0.3 is 5.73 Å². The highest BCUT2D eigenvalue weighted by Gasteiger charge is 2.15. The number of nitrogens with zero attached hydrogens (tertiary/aromatic N) is 3. The average molecular weight is 272 g/mol. The molecule has 5 heteroatoms. The van der Waals surface area contributed by atoms with Crippen molar-refractivity contribution in [3.8, 4) is 0 Å². The second-order valence-corrected chi connectivity index (χ2v) is 5.01. The predicted octanol–water partition coefficient (Wildman–Crippen LogP) is 1.79. The van der Waals surface area contributed by atoms with E-state index in [1.54, 1.807) is 4.68 Å². The lowest BCUT2D eigenvalue weighted by atomic mass is 9.99. The summed E-state index contributed by atoms with van der Waals surface area (Å²) in [6.45, 7) is 4.57. The van der Waals surface area contributed by atoms with Crippen LogP contribution in [0.15, 0.2) is 30.6 Å². The summed E-state index contributed by atoms with van der Waals surface area (Å²) in [5.74, 6) is 0.761. The number of benzene rings is 1. The zero-order chi connectivity index (χ0) is 14.5. The van der Waals surface area contributed by atoms with Gasteiger partial charge in [0.25, 0.3) is 0 Å². The van der Waals surface area contributed by atoms with Crippen molar-refractivity contribution in [2.45, 2.75) is 32.7 Å². The van der Waals surface area contributed by atoms with E-state index in [1.165, 1.54) is 6.33 Å². The molecule has 0 aliphatic rings. The van der Waals surface area contributed by atoms with Crippen LogP contribution in [0, 0.1) is 0 Å². The molecule has 0 bridgehead atoms. The third kappa shape index (κ3) is 3.11. The van der Waals surface area contributed by atoms with Gasteiger partial charge in [-0.2, -0.15) is 5.10 Å². The average Bonchev–Trinajstić information content (AvgIpc) is 2.88. The number of carbonyl (C=O) groups excluding carboxylic acids is 1. The molecule has 2 aromatic rings. The molecule has 106 valence electrons. The highest BCUT2D eigenvalue weighted by atomic mass is 16.1. The molecule has 0 fully saturated rings. The van der Waals surface area contributed by atoms with E-state index in [0.717, 1.165) is 11.1 Å². The standard InChI is InChI=1S/C15H20N4O/c1-11(2)19-15(17-10-18-19)9-14(20)13-6-4-3-5-12(13)7-8-16/h3-6,10-11H,7-9,16H2,1-2H3. The van der Waals surface area contributed by atoms with Crippen LogP contribution < -0.4 is 5.73 Å². The first-order valence-electron chi connectivity index (χ1n) is 6.83. The lowest BCUT2D eigenvalue weighted by molar-refractivity contribution is 0.0988. The first-order chi connectivity index (χ1) is 9.63. The van der Waals surface area contributed by atoms with Crippen molar-refractivity contribution >= 4 is 5.78 Å². The molecule has 0 radical (unpaired) electrons. The number of aromatic nitrogens is 3. The van der Waals surface area contributed by atoms with Crippen molar-refractivity contribution in [1.29, 1.82) is 0 Å². The third-order valence-corrected chi connectivity index (χ3v) is 3.19. The maximum Gasteiger partial charge on any atom is 0.170 e. The van der Waals surface area contributed by atoms with Gasteiger partial charge in [0.1, 0.15) is 12.2 Å². The van der Waals surface area contributed by atoms with Gasteiger partial charge in [-0.15, -0.1) is 0 Å². The predicted molar refractivity (Wildman–Crippen MR) is 77.6 cm³/mol. The fourth-order valence-electron chi connectivity index (χ4n) is 2.24. The topological polar surface area (TPSA) is 73.8 Å². The summed E-state index contributed by atoms with van der Waals surface area (Å²) in [5, 5.41) is 4.15. The zero-order valence-electron chi connectivity index (χ0n) is 11.9. The smallest absolute Gasteiger partial charge is 0.170 e. The molecule has 0 saturated carbocycles. The Morgan fingerprint density at radius 3 is 2.80 bits per heavy atom. The summed E-state index contributed by atoms with van der Waals surface area (Å²) in [7, 11) is 0. The lowest BCUT2D eigenvalue weighted by Gasteiger charge is -2.10. The number of hydrogen-bond donors (Lipinski definition) is 1. The zero-order valence-corrected chi connectivity index (χ0v) is 11.9. The normalized spacial score (nSPS) is 11.0. The van der Waals surface area contributed by atoms with E-state index in [-0.39, 0.29) is 18.2 Å². The number of ketones is 1. The van der Waals surface area contributed by atoms with Crippen LogP contribution in [0.3, 0.4) is 0 Å². The van der Waals surface area contributed by atoms with Crippen LogP contribution >= 0.6 is 0 Å². The van der Waals surface area contributed by atoms with Crippen LogP contribution in [-0.4, -0.2) is 27.1 Å². The quantitative estimate of drug-likeness (QED) is 0.813. The molecule has 5 nitrogen and oxygen atoms in total. The Labute approximate surface area is 118 Å². The lowest BCUT2D eigenvalue weighted by Crippen LogP contribution is -2.15. The Hall–Kier alpha value is -2.01. The molecule has 0 aliphatic heterocycles. The largest absolute Gasteiger partial charge is 0.330 e. The Bertz CT molecular complexity index is 589. The fourth-order valence-corrected chi connectivity index (χ4v) is 2.24. The molecule has 20 heavy (non-hydrogen) atoms. The van der Waals surface area contributed by atoms with Gasteiger partial charge in [0.2, 0.25) is 0 Å². The summed E-state index contributed by atoms with van der Waals surface area (Å²) in [6.07, 6.45) is 2.47. The summed E-state index contributed by atoms with van der Waals surface area (Å²) < 4.78 is 1.78. The van der Waals surface area contributed by atoms with Gasteiger partial charge in [0, 0.05) is 11.6 Å². The van der Waals surface area contributed by atoms with Crippen molar-refractivity contribution in [2.24, 2.45) is 5.73 Å². The van der Waals surface area contributed by atoms with Gasteiger partial charge in [-0.1, -0.05) is 24.3 Å². The number of nitrogens with two attached hydrogens (primary N) is 1. The maximum absolute atomic E-state index is 12.5. The van der Waals surface area contributed by atoms with Gasteiger partial charge in [-0.25, -0.2) is 9.67 Å². The minimum absolute atomic E-state index is 0.0592. The minimum Gasteiger partial charge on any atom is -0.330 e. The fraction of sp³-hybridized carbons (Fsp3) is 0.400. The summed E-state index contributed by atoms with van der Waals surface area (Å²) in [6, 6.07) is 7.80. The van der Waals surface area contributed by atoms with E-state index in [4.69, 9.17) is 5.73 Å². The highest BCUT2D eigenvalue weighted by Crippen LogP contribution is 2.14. The summed E-state index contributed by atoms with van der Waals surface area (Å²) in [4.78, 5) is 16.6. The van der Waals surface area contributed by atoms with E-state index < -0.39 is 0 Å². The molecular weight excluding hydrogens is 252 g/mol. The molecule has 0 atom stereocenters. The molecule has 0 spiro atoms. The van der Waals surface area contributed by atoms with Gasteiger partial charge >= 0.3 is 0 Å². The molecule has 0 amide bonds. The van der Waals surface area contributed by atoms with Crippen molar-refractivity contribution in [3.63, 3.8) is 0 Å². The van der Waals surface area contributed by atoms with E-state index >= 15 is 0 Å². The molecule has 1 aromatic carbocycles. The molecule has 1 aromatic heterocycles. The monoisotopic (exact) mass is 272 g/mol. The van der Waals surface area contributed by atoms with Crippen molar-refractivity contribution in [1.82, 2.24) is 14.8 Å². The Balaban J connectivity index is 2.22. The van der Waals surface area contributed by atoms with Crippen molar-refractivity contribution < 1.29 is 4.79 Å². The van der Waals surface area contributed by atoms with Crippen LogP contribution in [0.25, 0.3) is 0 Å². The number of rotatable bonds is 6. The summed E-state index contributed by atoms with van der Waals surface area (Å²) >= 11 is 0. The van der Waals surface area contributed by atoms with E-state index in [9.17, 15) is 4.79 Å². The van der Waals surface area contributed by atoms with Crippen LogP contribution in [0.4, 0.5) is 0 Å². The first-order valence-corrected chi connectivity index (χ1v) is 6.83. The molecule has 0 unspecified atom stereocenters. The van der Waals surface area contributed by atoms with Gasteiger partial charge in [-0.05, 0) is 32.4 Å². The van der Waals surface area contributed by atoms with E-state index in [2.05, 4.69) is 10.1 Å². The Morgan fingerprint density at radius 1 is 1.35 bits per heavy atom. The number of Topliss-reactive ketones (excluding diaryl/α,β-unsaturated/α-hetero) is 1. The van der Waals surface area contributed by atoms with Crippen LogP contribution in [-0.2, 0) is 12.8 Å². The van der Waals surface area contributed by atoms with Gasteiger partial charge in [-0.3, -0.25) is 4.79 Å². The second kappa shape index (κ2) is 6.43. The summed E-state index contributed by atoms with van der Waals surface area (Å²) in [5.41, 5.74) is 7.32. The van der Waals surface area contributed by atoms with Crippen LogP contribution in [0.5, 0.6) is 0 Å². The molecule has 2 rings (SSSR count). The SMILES string of the molecule is CC(C)n1ncnc1CC(=O)c1ccccc1CCN. The van der Waals surface area contributed by atoms with E-state index in [0.29, 0.717) is 18.8 Å².